The highest BCUT2D eigenvalue weighted by Crippen LogP contribution is 2.40. The van der Waals surface area contributed by atoms with E-state index in [1.54, 1.807) is 24.3 Å². The average Bonchev–Trinajstić information content (AvgIpc) is 3.44. The van der Waals surface area contributed by atoms with Crippen molar-refractivity contribution in [1.82, 2.24) is 4.90 Å². The van der Waals surface area contributed by atoms with E-state index in [4.69, 9.17) is 4.74 Å². The number of benzene rings is 3. The van der Waals surface area contributed by atoms with Crippen molar-refractivity contribution in [3.05, 3.63) is 95.6 Å². The number of aliphatic carboxylic acids is 1. The Labute approximate surface area is 208 Å². The summed E-state index contributed by atoms with van der Waals surface area (Å²) >= 11 is 0. The molecular formula is C29H25NO6. The van der Waals surface area contributed by atoms with Gasteiger partial charge >= 0.3 is 11.9 Å². The number of esters is 1. The fourth-order valence-electron chi connectivity index (χ4n) is 5.25. The van der Waals surface area contributed by atoms with Crippen molar-refractivity contribution in [2.45, 2.75) is 19.4 Å². The van der Waals surface area contributed by atoms with Crippen LogP contribution in [0.3, 0.4) is 0 Å². The van der Waals surface area contributed by atoms with E-state index in [2.05, 4.69) is 0 Å². The molecule has 7 nitrogen and oxygen atoms in total. The molecule has 3 atom stereocenters. The van der Waals surface area contributed by atoms with Crippen LogP contribution in [0.5, 0.6) is 0 Å². The van der Waals surface area contributed by atoms with Crippen LogP contribution >= 0.6 is 0 Å². The van der Waals surface area contributed by atoms with Crippen LogP contribution < -0.4 is 0 Å². The van der Waals surface area contributed by atoms with E-state index in [9.17, 15) is 24.3 Å². The molecule has 0 aromatic heterocycles. The van der Waals surface area contributed by atoms with E-state index >= 15 is 0 Å². The molecule has 1 heterocycles. The summed E-state index contributed by atoms with van der Waals surface area (Å²) in [6, 6.07) is 24.1. The van der Waals surface area contributed by atoms with Crippen LogP contribution in [0, 0.1) is 17.8 Å². The lowest BCUT2D eigenvalue weighted by Gasteiger charge is -2.24. The Balaban J connectivity index is 1.22. The zero-order valence-electron chi connectivity index (χ0n) is 19.5. The summed E-state index contributed by atoms with van der Waals surface area (Å²) in [6.45, 7) is 0.00779. The summed E-state index contributed by atoms with van der Waals surface area (Å²) in [6.07, 6.45) is 0.743. The molecular weight excluding hydrogens is 458 g/mol. The minimum Gasteiger partial charge on any atom is -0.481 e. The Bertz CT molecular complexity index is 1280. The Morgan fingerprint density at radius 3 is 2.00 bits per heavy atom. The predicted octanol–water partition coefficient (Wildman–Crippen LogP) is 4.42. The largest absolute Gasteiger partial charge is 0.481 e. The second-order valence-electron chi connectivity index (χ2n) is 9.25. The summed E-state index contributed by atoms with van der Waals surface area (Å²) in [5.74, 6) is -4.92. The van der Waals surface area contributed by atoms with E-state index in [0.717, 1.165) is 21.6 Å². The number of rotatable bonds is 7. The smallest absolute Gasteiger partial charge is 0.310 e. The monoisotopic (exact) mass is 483 g/mol. The van der Waals surface area contributed by atoms with Gasteiger partial charge < -0.3 is 9.84 Å². The van der Waals surface area contributed by atoms with Crippen molar-refractivity contribution < 1.29 is 29.0 Å². The molecule has 0 spiro atoms. The average molecular weight is 484 g/mol. The number of carboxylic acid groups (broad SMARTS) is 1. The van der Waals surface area contributed by atoms with E-state index in [1.165, 1.54) is 0 Å². The Morgan fingerprint density at radius 1 is 0.806 bits per heavy atom. The summed E-state index contributed by atoms with van der Waals surface area (Å²) in [7, 11) is 0. The number of amides is 2. The molecule has 0 bridgehead atoms. The molecule has 0 saturated heterocycles. The lowest BCUT2D eigenvalue weighted by molar-refractivity contribution is -0.158. The molecule has 2 amide bonds. The lowest BCUT2D eigenvalue weighted by Crippen LogP contribution is -2.39. The number of imide groups is 1. The number of carboxylic acids is 1. The minimum absolute atomic E-state index is 0.0337. The molecule has 1 N–H and O–H groups in total. The van der Waals surface area contributed by atoms with Crippen LogP contribution in [0.2, 0.25) is 0 Å². The molecule has 182 valence electrons. The Morgan fingerprint density at radius 2 is 1.39 bits per heavy atom. The predicted molar refractivity (Wildman–Crippen MR) is 131 cm³/mol. The lowest BCUT2D eigenvalue weighted by atomic mass is 9.89. The van der Waals surface area contributed by atoms with Crippen molar-refractivity contribution in [1.29, 1.82) is 0 Å². The third-order valence-electron chi connectivity index (χ3n) is 7.12. The molecule has 1 aliphatic heterocycles. The van der Waals surface area contributed by atoms with Gasteiger partial charge in [-0.2, -0.15) is 0 Å². The summed E-state index contributed by atoms with van der Waals surface area (Å²) in [4.78, 5) is 51.6. The molecule has 0 radical (unpaired) electrons. The Kier molecular flexibility index (Phi) is 6.38. The van der Waals surface area contributed by atoms with E-state index < -0.39 is 41.5 Å². The fraction of sp³-hybridized carbons (Fsp3) is 0.241. The number of fused-ring (bicyclic) bond motifs is 1. The van der Waals surface area contributed by atoms with Crippen molar-refractivity contribution >= 4 is 23.8 Å². The first-order valence-electron chi connectivity index (χ1n) is 11.9. The molecule has 1 saturated carbocycles. The van der Waals surface area contributed by atoms with Crippen LogP contribution in [0.4, 0.5) is 0 Å². The van der Waals surface area contributed by atoms with Gasteiger partial charge in [0.15, 0.2) is 0 Å². The van der Waals surface area contributed by atoms with Crippen molar-refractivity contribution in [3.8, 4) is 11.1 Å². The van der Waals surface area contributed by atoms with Crippen molar-refractivity contribution in [2.75, 3.05) is 6.54 Å². The molecule has 3 aromatic rings. The number of hydrogen-bond acceptors (Lipinski definition) is 5. The van der Waals surface area contributed by atoms with Crippen LogP contribution in [0.1, 0.15) is 39.1 Å². The Hall–Kier alpha value is -4.26. The molecule has 2 aliphatic rings. The number of hydrogen-bond donors (Lipinski definition) is 1. The summed E-state index contributed by atoms with van der Waals surface area (Å²) in [5, 5.41) is 9.91. The molecule has 36 heavy (non-hydrogen) atoms. The zero-order chi connectivity index (χ0) is 25.2. The maximum Gasteiger partial charge on any atom is 0.310 e. The molecule has 7 heteroatoms. The van der Waals surface area contributed by atoms with Crippen molar-refractivity contribution in [3.63, 3.8) is 0 Å². The third-order valence-corrected chi connectivity index (χ3v) is 7.12. The van der Waals surface area contributed by atoms with Gasteiger partial charge in [0.1, 0.15) is 6.61 Å². The van der Waals surface area contributed by atoms with Gasteiger partial charge in [0.25, 0.3) is 11.8 Å². The highest BCUT2D eigenvalue weighted by atomic mass is 16.5. The molecule has 0 unspecified atom stereocenters. The molecule has 5 rings (SSSR count). The van der Waals surface area contributed by atoms with E-state index in [0.29, 0.717) is 24.0 Å². The SMILES string of the molecule is O=C(O)[C@@H]1[C@H](CN2C(=O)c3ccccc3C2=O)CC[C@@H]1C(=O)OCc1ccc(-c2ccccc2)cc1. The van der Waals surface area contributed by atoms with Gasteiger partial charge in [0.05, 0.1) is 23.0 Å². The molecule has 1 aliphatic carbocycles. The van der Waals surface area contributed by atoms with Crippen LogP contribution in [-0.2, 0) is 20.9 Å². The first-order chi connectivity index (χ1) is 17.4. The van der Waals surface area contributed by atoms with Gasteiger partial charge in [-0.3, -0.25) is 24.1 Å². The van der Waals surface area contributed by atoms with Crippen LogP contribution in [0.15, 0.2) is 78.9 Å². The number of carbonyl (C=O) groups is 4. The van der Waals surface area contributed by atoms with Gasteiger partial charge in [-0.05, 0) is 47.6 Å². The summed E-state index contributed by atoms with van der Waals surface area (Å²) in [5.41, 5.74) is 3.57. The number of carbonyl (C=O) groups excluding carboxylic acids is 3. The van der Waals surface area contributed by atoms with Crippen molar-refractivity contribution in [2.24, 2.45) is 17.8 Å². The van der Waals surface area contributed by atoms with Gasteiger partial charge in [-0.15, -0.1) is 0 Å². The number of nitrogens with zero attached hydrogens (tertiary/aromatic N) is 1. The second kappa shape index (κ2) is 9.77. The first-order valence-corrected chi connectivity index (χ1v) is 11.9. The van der Waals surface area contributed by atoms with Gasteiger partial charge in [0.2, 0.25) is 0 Å². The highest BCUT2D eigenvalue weighted by molar-refractivity contribution is 6.21. The highest BCUT2D eigenvalue weighted by Gasteiger charge is 2.48. The maximum atomic E-state index is 12.9. The minimum atomic E-state index is -1.12. The van der Waals surface area contributed by atoms with Crippen LogP contribution in [-0.4, -0.2) is 40.3 Å². The standard InChI is InChI=1S/C29H25NO6/c31-26-22-8-4-5-9-23(22)27(32)30(26)16-21-14-15-24(25(21)28(33)34)29(35)36-17-18-10-12-20(13-11-18)19-6-2-1-3-7-19/h1-13,21,24-25H,14-17H2,(H,33,34)/t21-,24-,25+/m0/s1. The third kappa shape index (κ3) is 4.40. The quantitative estimate of drug-likeness (QED) is 0.394. The topological polar surface area (TPSA) is 101 Å². The van der Waals surface area contributed by atoms with Gasteiger partial charge in [-0.25, -0.2) is 0 Å². The van der Waals surface area contributed by atoms with Gasteiger partial charge in [-0.1, -0.05) is 66.7 Å². The number of ether oxygens (including phenoxy) is 1. The van der Waals surface area contributed by atoms with Gasteiger partial charge in [0, 0.05) is 6.54 Å². The van der Waals surface area contributed by atoms with E-state index in [-0.39, 0.29) is 13.2 Å². The summed E-state index contributed by atoms with van der Waals surface area (Å²) < 4.78 is 5.50. The molecule has 1 fully saturated rings. The van der Waals surface area contributed by atoms with Crippen LogP contribution in [0.25, 0.3) is 11.1 Å². The maximum absolute atomic E-state index is 12.9. The normalized spacial score (nSPS) is 20.9. The first kappa shape index (κ1) is 23.5. The van der Waals surface area contributed by atoms with E-state index in [1.807, 2.05) is 54.6 Å². The fourth-order valence-corrected chi connectivity index (χ4v) is 5.25. The zero-order valence-corrected chi connectivity index (χ0v) is 19.5. The second-order valence-corrected chi connectivity index (χ2v) is 9.25. The molecule has 3 aromatic carbocycles.